The molecule has 0 atom stereocenters. The number of rotatable bonds is 7. The van der Waals surface area contributed by atoms with Gasteiger partial charge in [-0.15, -0.1) is 0 Å². The maximum absolute atomic E-state index is 13.3. The number of carbonyl (C=O) groups is 1. The Morgan fingerprint density at radius 3 is 2.46 bits per heavy atom. The second-order valence-corrected chi connectivity index (χ2v) is 9.20. The van der Waals surface area contributed by atoms with Crippen molar-refractivity contribution < 1.29 is 27.4 Å². The molecule has 0 unspecified atom stereocenters. The molecule has 1 fully saturated rings. The molecule has 1 aliphatic carbocycles. The average Bonchev–Trinajstić information content (AvgIpc) is 3.54. The highest BCUT2D eigenvalue weighted by Gasteiger charge is 2.60. The highest BCUT2D eigenvalue weighted by Crippen LogP contribution is 2.58. The van der Waals surface area contributed by atoms with Crippen molar-refractivity contribution in [3.8, 4) is 5.88 Å². The summed E-state index contributed by atoms with van der Waals surface area (Å²) in [4.78, 5) is 28.6. The summed E-state index contributed by atoms with van der Waals surface area (Å²) in [6.45, 7) is 5.23. The number of fused-ring (bicyclic) bond motifs is 2. The summed E-state index contributed by atoms with van der Waals surface area (Å²) < 4.78 is 49.5. The van der Waals surface area contributed by atoms with Gasteiger partial charge in [0.25, 0.3) is 6.02 Å². The van der Waals surface area contributed by atoms with E-state index in [4.69, 9.17) is 14.9 Å². The summed E-state index contributed by atoms with van der Waals surface area (Å²) in [5.74, 6) is 0.846. The first-order valence-electron chi connectivity index (χ1n) is 11.3. The number of hydrogen-bond donors (Lipinski definition) is 1. The van der Waals surface area contributed by atoms with E-state index < -0.39 is 30.2 Å². The summed E-state index contributed by atoms with van der Waals surface area (Å²) in [6, 6.07) is 2.17. The summed E-state index contributed by atoms with van der Waals surface area (Å²) in [6.07, 6.45) is -0.0624. The van der Waals surface area contributed by atoms with E-state index in [9.17, 15) is 18.0 Å². The molecule has 0 bridgehead atoms. The molecule has 2 aliphatic rings. The van der Waals surface area contributed by atoms with Gasteiger partial charge >= 0.3 is 6.18 Å². The standard InChI is InChI=1S/C23H27F3N6O3/c1-13(2)31(12-23(24,25)26)21(27)34-11-17-28-10-16-19(30-17)32(20(33)22(16)7-8-22)15-5-6-18(29-9-15)35-14(3)4/h5-6,9-10,13-14,27H,7-8,11-12H2,1-4H3. The molecular formula is C23H27F3N6O3. The molecule has 4 rings (SSSR count). The van der Waals surface area contributed by atoms with Gasteiger partial charge < -0.3 is 14.4 Å². The minimum Gasteiger partial charge on any atom is -0.475 e. The van der Waals surface area contributed by atoms with E-state index in [2.05, 4.69) is 15.0 Å². The van der Waals surface area contributed by atoms with Gasteiger partial charge in [0, 0.05) is 23.9 Å². The van der Waals surface area contributed by atoms with E-state index in [0.29, 0.717) is 35.8 Å². The van der Waals surface area contributed by atoms with Crippen LogP contribution in [0.15, 0.2) is 24.5 Å². The lowest BCUT2D eigenvalue weighted by molar-refractivity contribution is -0.142. The first kappa shape index (κ1) is 24.7. The fourth-order valence-electron chi connectivity index (χ4n) is 3.97. The van der Waals surface area contributed by atoms with Crippen molar-refractivity contribution in [3.05, 3.63) is 35.9 Å². The molecule has 0 saturated heterocycles. The summed E-state index contributed by atoms with van der Waals surface area (Å²) in [5.41, 5.74) is 0.561. The Morgan fingerprint density at radius 1 is 1.20 bits per heavy atom. The van der Waals surface area contributed by atoms with Crippen LogP contribution in [0.3, 0.4) is 0 Å². The molecule has 188 valence electrons. The van der Waals surface area contributed by atoms with Crippen molar-refractivity contribution in [2.45, 2.75) is 70.9 Å². The molecule has 1 saturated carbocycles. The van der Waals surface area contributed by atoms with Crippen LogP contribution in [-0.4, -0.2) is 56.6 Å². The lowest BCUT2D eigenvalue weighted by atomic mass is 10.0. The summed E-state index contributed by atoms with van der Waals surface area (Å²) in [7, 11) is 0. The number of carbonyl (C=O) groups excluding carboxylic acids is 1. The molecular weight excluding hydrogens is 465 g/mol. The Labute approximate surface area is 200 Å². The van der Waals surface area contributed by atoms with E-state index in [1.54, 1.807) is 32.2 Å². The van der Waals surface area contributed by atoms with Gasteiger partial charge in [-0.2, -0.15) is 13.2 Å². The van der Waals surface area contributed by atoms with Crippen molar-refractivity contribution in [3.63, 3.8) is 0 Å². The SMILES string of the molecule is CC(C)Oc1ccc(N2C(=O)C3(CC3)c3cnc(COC(=N)N(CC(F)(F)F)C(C)C)nc32)cn1. The molecule has 0 radical (unpaired) electrons. The Bertz CT molecular complexity index is 1120. The molecule has 12 heteroatoms. The highest BCUT2D eigenvalue weighted by molar-refractivity contribution is 6.13. The molecule has 2 aromatic rings. The smallest absolute Gasteiger partial charge is 0.406 e. The monoisotopic (exact) mass is 492 g/mol. The van der Waals surface area contributed by atoms with Crippen molar-refractivity contribution >= 4 is 23.4 Å². The van der Waals surface area contributed by atoms with E-state index in [-0.39, 0.29) is 24.4 Å². The third-order valence-corrected chi connectivity index (χ3v) is 5.82. The molecule has 2 aromatic heterocycles. The highest BCUT2D eigenvalue weighted by atomic mass is 19.4. The quantitative estimate of drug-likeness (QED) is 0.459. The minimum atomic E-state index is -4.48. The van der Waals surface area contributed by atoms with Gasteiger partial charge in [0.1, 0.15) is 12.4 Å². The number of alkyl halides is 3. The Balaban J connectivity index is 1.55. The molecule has 1 spiro atoms. The van der Waals surface area contributed by atoms with E-state index in [1.165, 1.54) is 11.1 Å². The summed E-state index contributed by atoms with van der Waals surface area (Å²) in [5, 5.41) is 7.97. The van der Waals surface area contributed by atoms with Gasteiger partial charge in [-0.05, 0) is 46.6 Å². The predicted molar refractivity (Wildman–Crippen MR) is 121 cm³/mol. The van der Waals surface area contributed by atoms with Crippen LogP contribution < -0.4 is 9.64 Å². The van der Waals surface area contributed by atoms with Crippen molar-refractivity contribution in [2.75, 3.05) is 11.4 Å². The van der Waals surface area contributed by atoms with Crippen LogP contribution in [-0.2, 0) is 21.6 Å². The Morgan fingerprint density at radius 2 is 1.91 bits per heavy atom. The van der Waals surface area contributed by atoms with Gasteiger partial charge in [-0.3, -0.25) is 15.1 Å². The zero-order valence-electron chi connectivity index (χ0n) is 19.9. The normalized spacial score (nSPS) is 16.1. The maximum atomic E-state index is 13.3. The zero-order chi connectivity index (χ0) is 25.5. The van der Waals surface area contributed by atoms with E-state index >= 15 is 0 Å². The number of amides is 1. The van der Waals surface area contributed by atoms with Gasteiger partial charge in [0.2, 0.25) is 11.8 Å². The fraction of sp³-hybridized carbons (Fsp3) is 0.522. The third-order valence-electron chi connectivity index (χ3n) is 5.82. The van der Waals surface area contributed by atoms with Crippen LogP contribution in [0.4, 0.5) is 24.7 Å². The van der Waals surface area contributed by atoms with Gasteiger partial charge in [0.15, 0.2) is 12.4 Å². The van der Waals surface area contributed by atoms with Crippen molar-refractivity contribution in [1.82, 2.24) is 19.9 Å². The lowest BCUT2D eigenvalue weighted by Gasteiger charge is -2.28. The minimum absolute atomic E-state index is 0.0472. The number of hydrogen-bond acceptors (Lipinski definition) is 7. The maximum Gasteiger partial charge on any atom is 0.406 e. The number of aromatic nitrogens is 3. The molecule has 0 aromatic carbocycles. The molecule has 35 heavy (non-hydrogen) atoms. The molecule has 1 amide bonds. The van der Waals surface area contributed by atoms with Crippen LogP contribution in [0, 0.1) is 5.41 Å². The van der Waals surface area contributed by atoms with Crippen LogP contribution in [0.1, 0.15) is 51.9 Å². The first-order valence-corrected chi connectivity index (χ1v) is 11.3. The predicted octanol–water partition coefficient (Wildman–Crippen LogP) is 4.09. The second kappa shape index (κ2) is 8.97. The number of anilines is 2. The number of nitrogens with zero attached hydrogens (tertiary/aromatic N) is 5. The van der Waals surface area contributed by atoms with Crippen LogP contribution in [0.5, 0.6) is 5.88 Å². The molecule has 3 heterocycles. The molecule has 1 aliphatic heterocycles. The van der Waals surface area contributed by atoms with E-state index in [1.807, 2.05) is 13.8 Å². The van der Waals surface area contributed by atoms with Crippen LogP contribution in [0.2, 0.25) is 0 Å². The van der Waals surface area contributed by atoms with E-state index in [0.717, 1.165) is 4.90 Å². The van der Waals surface area contributed by atoms with Crippen molar-refractivity contribution in [2.24, 2.45) is 0 Å². The number of nitrogens with one attached hydrogen (secondary N) is 1. The zero-order valence-corrected chi connectivity index (χ0v) is 19.9. The number of ether oxygens (including phenoxy) is 2. The van der Waals surface area contributed by atoms with Crippen molar-refractivity contribution in [1.29, 1.82) is 5.41 Å². The Kier molecular flexibility index (Phi) is 6.32. The first-order chi connectivity index (χ1) is 16.4. The van der Waals surface area contributed by atoms with Gasteiger partial charge in [-0.1, -0.05) is 0 Å². The lowest BCUT2D eigenvalue weighted by Crippen LogP contribution is -2.43. The average molecular weight is 493 g/mol. The molecule has 9 nitrogen and oxygen atoms in total. The number of amidine groups is 1. The number of pyridine rings is 1. The third kappa shape index (κ3) is 5.01. The van der Waals surface area contributed by atoms with Crippen LogP contribution >= 0.6 is 0 Å². The second-order valence-electron chi connectivity index (χ2n) is 9.20. The van der Waals surface area contributed by atoms with Crippen LogP contribution in [0.25, 0.3) is 0 Å². The topological polar surface area (TPSA) is 105 Å². The largest absolute Gasteiger partial charge is 0.475 e. The van der Waals surface area contributed by atoms with Gasteiger partial charge in [-0.25, -0.2) is 15.0 Å². The van der Waals surface area contributed by atoms with Gasteiger partial charge in [0.05, 0.1) is 23.4 Å². The fourth-order valence-corrected chi connectivity index (χ4v) is 3.97. The summed E-state index contributed by atoms with van der Waals surface area (Å²) >= 11 is 0. The Hall–Kier alpha value is -3.44. The number of halogens is 3. The molecule has 1 N–H and O–H groups in total.